The van der Waals surface area contributed by atoms with E-state index in [1.165, 1.54) is 12.1 Å². The zero-order chi connectivity index (χ0) is 14.8. The average molecular weight is 301 g/mol. The highest BCUT2D eigenvalue weighted by atomic mass is 35.5. The first-order chi connectivity index (χ1) is 9.41. The van der Waals surface area contributed by atoms with Gasteiger partial charge < -0.3 is 14.7 Å². The van der Waals surface area contributed by atoms with Crippen molar-refractivity contribution in [3.8, 4) is 0 Å². The summed E-state index contributed by atoms with van der Waals surface area (Å²) in [5, 5.41) is 22.0. The van der Waals surface area contributed by atoms with Crippen molar-refractivity contribution >= 4 is 23.0 Å². The quantitative estimate of drug-likeness (QED) is 0.681. The maximum Gasteiger partial charge on any atom is 0.292 e. The fourth-order valence-corrected chi connectivity index (χ4v) is 2.56. The van der Waals surface area contributed by atoms with Gasteiger partial charge in [0.05, 0.1) is 10.5 Å². The Morgan fingerprint density at radius 3 is 2.75 bits per heavy atom. The van der Waals surface area contributed by atoms with Gasteiger partial charge in [-0.05, 0) is 12.1 Å². The fourth-order valence-electron chi connectivity index (χ4n) is 2.39. The van der Waals surface area contributed by atoms with E-state index in [4.69, 9.17) is 16.3 Å². The largest absolute Gasteiger partial charge is 0.388 e. The molecule has 0 spiro atoms. The minimum atomic E-state index is -0.886. The van der Waals surface area contributed by atoms with Gasteiger partial charge in [0.25, 0.3) is 5.69 Å². The Morgan fingerprint density at radius 2 is 2.15 bits per heavy atom. The number of benzene rings is 1. The molecule has 1 N–H and O–H groups in total. The Kier molecular flexibility index (Phi) is 4.47. The van der Waals surface area contributed by atoms with Crippen LogP contribution in [0.25, 0.3) is 0 Å². The number of rotatable bonds is 4. The van der Waals surface area contributed by atoms with Crippen LogP contribution in [0.4, 0.5) is 11.4 Å². The molecule has 1 aliphatic rings. The second-order valence-corrected chi connectivity index (χ2v) is 5.52. The third kappa shape index (κ3) is 3.39. The standard InChI is InChI=1S/C13H17ClN2O4/c1-15(9-13(17)4-6-20-7-5-13)12-8-10(14)2-3-11(12)16(18)19/h2-3,8,17H,4-7,9H2,1H3. The van der Waals surface area contributed by atoms with Crippen LogP contribution in [0.3, 0.4) is 0 Å². The van der Waals surface area contributed by atoms with Crippen LogP contribution in [0.5, 0.6) is 0 Å². The summed E-state index contributed by atoms with van der Waals surface area (Å²) in [6, 6.07) is 4.41. The molecular formula is C13H17ClN2O4. The lowest BCUT2D eigenvalue weighted by atomic mass is 9.93. The number of likely N-dealkylation sites (N-methyl/N-ethyl adjacent to an activating group) is 1. The second-order valence-electron chi connectivity index (χ2n) is 5.08. The Morgan fingerprint density at radius 1 is 1.50 bits per heavy atom. The van der Waals surface area contributed by atoms with Crippen molar-refractivity contribution in [1.82, 2.24) is 0 Å². The molecule has 20 heavy (non-hydrogen) atoms. The van der Waals surface area contributed by atoms with Crippen LogP contribution >= 0.6 is 11.6 Å². The molecule has 0 radical (unpaired) electrons. The SMILES string of the molecule is CN(CC1(O)CCOCC1)c1cc(Cl)ccc1[N+](=O)[O-]. The maximum absolute atomic E-state index is 11.1. The van der Waals surface area contributed by atoms with E-state index in [9.17, 15) is 15.2 Å². The molecule has 1 saturated heterocycles. The van der Waals surface area contributed by atoms with Crippen molar-refractivity contribution in [2.75, 3.05) is 31.7 Å². The van der Waals surface area contributed by atoms with Crippen molar-refractivity contribution in [2.24, 2.45) is 0 Å². The molecule has 0 atom stereocenters. The molecule has 1 aromatic rings. The van der Waals surface area contributed by atoms with E-state index in [-0.39, 0.29) is 5.69 Å². The highest BCUT2D eigenvalue weighted by Gasteiger charge is 2.32. The van der Waals surface area contributed by atoms with Crippen molar-refractivity contribution in [1.29, 1.82) is 0 Å². The number of aliphatic hydroxyl groups is 1. The van der Waals surface area contributed by atoms with Crippen LogP contribution in [0.2, 0.25) is 5.02 Å². The van der Waals surface area contributed by atoms with Gasteiger partial charge in [-0.15, -0.1) is 0 Å². The Hall–Kier alpha value is -1.37. The number of nitro benzene ring substituents is 1. The Balaban J connectivity index is 2.21. The van der Waals surface area contributed by atoms with Gasteiger partial charge in [0.1, 0.15) is 5.69 Å². The molecule has 0 saturated carbocycles. The molecule has 6 nitrogen and oxygen atoms in total. The molecule has 1 fully saturated rings. The third-order valence-electron chi connectivity index (χ3n) is 3.50. The number of nitro groups is 1. The number of halogens is 1. The van der Waals surface area contributed by atoms with Gasteiger partial charge in [0.2, 0.25) is 0 Å². The van der Waals surface area contributed by atoms with Crippen molar-refractivity contribution in [3.63, 3.8) is 0 Å². The summed E-state index contributed by atoms with van der Waals surface area (Å²) in [6.45, 7) is 1.31. The van der Waals surface area contributed by atoms with Gasteiger partial charge in [0, 0.05) is 50.7 Å². The molecule has 1 aromatic carbocycles. The predicted molar refractivity (Wildman–Crippen MR) is 76.4 cm³/mol. The van der Waals surface area contributed by atoms with E-state index in [1.54, 1.807) is 18.0 Å². The molecule has 1 aliphatic heterocycles. The van der Waals surface area contributed by atoms with Crippen LogP contribution in [0.1, 0.15) is 12.8 Å². The summed E-state index contributed by atoms with van der Waals surface area (Å²) < 4.78 is 5.23. The molecule has 1 heterocycles. The molecule has 0 bridgehead atoms. The highest BCUT2D eigenvalue weighted by Crippen LogP contribution is 2.32. The van der Waals surface area contributed by atoms with Crippen LogP contribution in [-0.4, -0.2) is 42.4 Å². The lowest BCUT2D eigenvalue weighted by Crippen LogP contribution is -2.45. The summed E-state index contributed by atoms with van der Waals surface area (Å²) in [5.74, 6) is 0. The number of ether oxygens (including phenoxy) is 1. The van der Waals surface area contributed by atoms with Crippen molar-refractivity contribution < 1.29 is 14.8 Å². The lowest BCUT2D eigenvalue weighted by molar-refractivity contribution is -0.384. The summed E-state index contributed by atoms with van der Waals surface area (Å²) in [7, 11) is 1.71. The van der Waals surface area contributed by atoms with Gasteiger partial charge in [-0.2, -0.15) is 0 Å². The van der Waals surface area contributed by atoms with Gasteiger partial charge in [-0.3, -0.25) is 10.1 Å². The number of hydrogen-bond donors (Lipinski definition) is 1. The minimum absolute atomic E-state index is 0.0208. The van der Waals surface area contributed by atoms with E-state index in [1.807, 2.05) is 0 Å². The zero-order valence-electron chi connectivity index (χ0n) is 11.2. The predicted octanol–water partition coefficient (Wildman–Crippen LogP) is 2.23. The molecule has 0 amide bonds. The molecule has 7 heteroatoms. The van der Waals surface area contributed by atoms with Gasteiger partial charge in [-0.1, -0.05) is 11.6 Å². The topological polar surface area (TPSA) is 75.8 Å². The first-order valence-corrected chi connectivity index (χ1v) is 6.74. The summed E-state index contributed by atoms with van der Waals surface area (Å²) >= 11 is 5.91. The number of hydrogen-bond acceptors (Lipinski definition) is 5. The lowest BCUT2D eigenvalue weighted by Gasteiger charge is -2.36. The van der Waals surface area contributed by atoms with Gasteiger partial charge in [0.15, 0.2) is 0 Å². The zero-order valence-corrected chi connectivity index (χ0v) is 12.0. The van der Waals surface area contributed by atoms with Crippen LogP contribution < -0.4 is 4.90 Å². The summed E-state index contributed by atoms with van der Waals surface area (Å²) in [6.07, 6.45) is 1.04. The number of anilines is 1. The molecular weight excluding hydrogens is 284 g/mol. The smallest absolute Gasteiger partial charge is 0.292 e. The van der Waals surface area contributed by atoms with Crippen molar-refractivity contribution in [3.05, 3.63) is 33.3 Å². The van der Waals surface area contributed by atoms with Crippen molar-refractivity contribution in [2.45, 2.75) is 18.4 Å². The van der Waals surface area contributed by atoms with E-state index < -0.39 is 10.5 Å². The van der Waals surface area contributed by atoms with Crippen LogP contribution in [0, 0.1) is 10.1 Å². The molecule has 2 rings (SSSR count). The highest BCUT2D eigenvalue weighted by molar-refractivity contribution is 6.31. The first kappa shape index (κ1) is 15.0. The average Bonchev–Trinajstić information content (AvgIpc) is 2.38. The first-order valence-electron chi connectivity index (χ1n) is 6.36. The Labute approximate surface area is 122 Å². The fraction of sp³-hybridized carbons (Fsp3) is 0.538. The molecule has 0 aromatic heterocycles. The molecule has 0 unspecified atom stereocenters. The van der Waals surface area contributed by atoms with E-state index in [0.29, 0.717) is 43.3 Å². The normalized spacial score (nSPS) is 17.8. The monoisotopic (exact) mass is 300 g/mol. The number of nitrogens with zero attached hydrogens (tertiary/aromatic N) is 2. The maximum atomic E-state index is 11.1. The third-order valence-corrected chi connectivity index (χ3v) is 3.74. The van der Waals surface area contributed by atoms with E-state index >= 15 is 0 Å². The molecule has 110 valence electrons. The van der Waals surface area contributed by atoms with Gasteiger partial charge in [-0.25, -0.2) is 0 Å². The van der Waals surface area contributed by atoms with E-state index in [2.05, 4.69) is 0 Å². The van der Waals surface area contributed by atoms with Gasteiger partial charge >= 0.3 is 0 Å². The van der Waals surface area contributed by atoms with E-state index in [0.717, 1.165) is 0 Å². The van der Waals surface area contributed by atoms with Crippen LogP contribution in [-0.2, 0) is 4.74 Å². The molecule has 0 aliphatic carbocycles. The Bertz CT molecular complexity index is 503. The second kappa shape index (κ2) is 5.95. The summed E-state index contributed by atoms with van der Waals surface area (Å²) in [4.78, 5) is 12.3. The minimum Gasteiger partial charge on any atom is -0.388 e. The van der Waals surface area contributed by atoms with Crippen LogP contribution in [0.15, 0.2) is 18.2 Å². The summed E-state index contributed by atoms with van der Waals surface area (Å²) in [5.41, 5.74) is -0.501.